The lowest BCUT2D eigenvalue weighted by Crippen LogP contribution is -2.38. The van der Waals surface area contributed by atoms with Crippen LogP contribution in [-0.4, -0.2) is 11.8 Å². The van der Waals surface area contributed by atoms with Crippen LogP contribution in [-0.2, 0) is 9.59 Å². The van der Waals surface area contributed by atoms with Gasteiger partial charge in [0.15, 0.2) is 0 Å². The first kappa shape index (κ1) is 23.0. The molecule has 0 bridgehead atoms. The monoisotopic (exact) mass is 432 g/mol. The van der Waals surface area contributed by atoms with Gasteiger partial charge in [-0.25, -0.2) is 0 Å². The van der Waals surface area contributed by atoms with Crippen molar-refractivity contribution in [1.82, 2.24) is 5.32 Å². The molecule has 0 aromatic heterocycles. The van der Waals surface area contributed by atoms with Gasteiger partial charge in [0, 0.05) is 10.4 Å². The maximum atomic E-state index is 12.9. The Morgan fingerprint density at radius 2 is 1.62 bits per heavy atom. The maximum absolute atomic E-state index is 12.9. The summed E-state index contributed by atoms with van der Waals surface area (Å²) in [5.41, 5.74) is 1.83. The lowest BCUT2D eigenvalue weighted by Gasteiger charge is -2.19. The average molecular weight is 433 g/mol. The van der Waals surface area contributed by atoms with Crippen LogP contribution in [0.4, 0.5) is 5.69 Å². The lowest BCUT2D eigenvalue weighted by atomic mass is 9.95. The first-order valence-electron chi connectivity index (χ1n) is 9.37. The molecule has 29 heavy (non-hydrogen) atoms. The Labute approximate surface area is 182 Å². The van der Waals surface area contributed by atoms with Gasteiger partial charge in [0.1, 0.15) is 5.70 Å². The van der Waals surface area contributed by atoms with E-state index in [1.807, 2.05) is 24.3 Å². The maximum Gasteiger partial charge on any atom is 0.272 e. The van der Waals surface area contributed by atoms with Crippen molar-refractivity contribution >= 4 is 46.8 Å². The van der Waals surface area contributed by atoms with E-state index in [0.717, 1.165) is 5.56 Å². The van der Waals surface area contributed by atoms with Crippen LogP contribution >= 0.6 is 23.2 Å². The molecule has 2 rings (SSSR count). The molecule has 0 aliphatic rings. The number of hydrogen-bond acceptors (Lipinski definition) is 2. The second kappa shape index (κ2) is 9.47. The van der Waals surface area contributed by atoms with E-state index in [1.165, 1.54) is 5.56 Å². The van der Waals surface area contributed by atoms with Crippen LogP contribution in [0.2, 0.25) is 10.0 Å². The predicted octanol–water partition coefficient (Wildman–Crippen LogP) is 6.26. The van der Waals surface area contributed by atoms with Gasteiger partial charge >= 0.3 is 0 Å². The van der Waals surface area contributed by atoms with Crippen LogP contribution in [0.1, 0.15) is 51.7 Å². The zero-order valence-electron chi connectivity index (χ0n) is 17.3. The second-order valence-electron chi connectivity index (χ2n) is 8.16. The van der Waals surface area contributed by atoms with Crippen LogP contribution in [0.5, 0.6) is 0 Å². The van der Waals surface area contributed by atoms with Gasteiger partial charge in [-0.15, -0.1) is 0 Å². The molecule has 0 unspecified atom stereocenters. The Balaban J connectivity index is 2.36. The molecule has 0 aliphatic carbocycles. The van der Waals surface area contributed by atoms with Gasteiger partial charge in [-0.2, -0.15) is 0 Å². The van der Waals surface area contributed by atoms with E-state index in [4.69, 9.17) is 23.2 Å². The summed E-state index contributed by atoms with van der Waals surface area (Å²) in [7, 11) is 0. The van der Waals surface area contributed by atoms with Crippen LogP contribution < -0.4 is 10.6 Å². The number of halogens is 2. The topological polar surface area (TPSA) is 58.2 Å². The van der Waals surface area contributed by atoms with Gasteiger partial charge in [-0.1, -0.05) is 82.1 Å². The number of benzene rings is 2. The van der Waals surface area contributed by atoms with Crippen molar-refractivity contribution in [3.05, 3.63) is 69.3 Å². The minimum Gasteiger partial charge on any atom is -0.321 e. The third kappa shape index (κ3) is 6.62. The van der Waals surface area contributed by atoms with E-state index in [9.17, 15) is 9.59 Å². The zero-order valence-corrected chi connectivity index (χ0v) is 18.8. The molecule has 0 saturated carbocycles. The second-order valence-corrected chi connectivity index (χ2v) is 9.01. The molecule has 4 nitrogen and oxygen atoms in total. The molecule has 2 amide bonds. The number of rotatable bonds is 5. The fourth-order valence-corrected chi connectivity index (χ4v) is 2.73. The lowest BCUT2D eigenvalue weighted by molar-refractivity contribution is -0.128. The van der Waals surface area contributed by atoms with Crippen molar-refractivity contribution < 1.29 is 9.59 Å². The van der Waals surface area contributed by atoms with Gasteiger partial charge in [-0.05, 0) is 41.3 Å². The average Bonchev–Trinajstić information content (AvgIpc) is 2.63. The summed E-state index contributed by atoms with van der Waals surface area (Å²) in [6, 6.07) is 12.6. The van der Waals surface area contributed by atoms with Crippen molar-refractivity contribution in [1.29, 1.82) is 0 Å². The molecule has 0 atom stereocenters. The first-order valence-corrected chi connectivity index (χ1v) is 10.1. The highest BCUT2D eigenvalue weighted by atomic mass is 35.5. The Kier molecular flexibility index (Phi) is 7.50. The van der Waals surface area contributed by atoms with Gasteiger partial charge in [0.25, 0.3) is 5.91 Å². The van der Waals surface area contributed by atoms with Crippen molar-refractivity contribution in [2.24, 2.45) is 5.41 Å². The van der Waals surface area contributed by atoms with E-state index < -0.39 is 11.3 Å². The smallest absolute Gasteiger partial charge is 0.272 e. The molecular weight excluding hydrogens is 407 g/mol. The molecular formula is C23H26Cl2N2O2. The summed E-state index contributed by atoms with van der Waals surface area (Å²) in [6.45, 7) is 9.57. The summed E-state index contributed by atoms with van der Waals surface area (Å²) in [5.74, 6) is -0.351. The fourth-order valence-electron chi connectivity index (χ4n) is 2.39. The minimum atomic E-state index is -0.658. The highest BCUT2D eigenvalue weighted by Gasteiger charge is 2.24. The highest BCUT2D eigenvalue weighted by molar-refractivity contribution is 6.36. The molecule has 6 heteroatoms. The highest BCUT2D eigenvalue weighted by Crippen LogP contribution is 2.26. The quantitative estimate of drug-likeness (QED) is 0.547. The first-order chi connectivity index (χ1) is 13.5. The number of nitrogens with one attached hydrogen (secondary N) is 2. The third-order valence-electron chi connectivity index (χ3n) is 4.26. The summed E-state index contributed by atoms with van der Waals surface area (Å²) >= 11 is 12.2. The van der Waals surface area contributed by atoms with Crippen LogP contribution in [0.15, 0.2) is 48.2 Å². The van der Waals surface area contributed by atoms with Gasteiger partial charge in [0.2, 0.25) is 5.91 Å². The van der Waals surface area contributed by atoms with Gasteiger partial charge in [-0.3, -0.25) is 9.59 Å². The van der Waals surface area contributed by atoms with E-state index in [1.54, 1.807) is 45.0 Å². The SMILES string of the molecule is CC(C)c1ccc(/C=C(/NC(=O)C(C)(C)C)C(=O)Nc2cc(Cl)ccc2Cl)cc1. The largest absolute Gasteiger partial charge is 0.321 e. The Bertz CT molecular complexity index is 927. The Morgan fingerprint density at radius 3 is 2.17 bits per heavy atom. The van der Waals surface area contributed by atoms with Crippen molar-refractivity contribution in [2.45, 2.75) is 40.5 Å². The molecule has 0 radical (unpaired) electrons. The van der Waals surface area contributed by atoms with Crippen molar-refractivity contribution in [3.8, 4) is 0 Å². The van der Waals surface area contributed by atoms with Crippen LogP contribution in [0.3, 0.4) is 0 Å². The summed E-state index contributed by atoms with van der Waals surface area (Å²) in [6.07, 6.45) is 1.64. The molecule has 0 saturated heterocycles. The summed E-state index contributed by atoms with van der Waals surface area (Å²) < 4.78 is 0. The normalized spacial score (nSPS) is 12.1. The molecule has 2 aromatic rings. The van der Waals surface area contributed by atoms with Gasteiger partial charge in [0.05, 0.1) is 10.7 Å². The predicted molar refractivity (Wildman–Crippen MR) is 121 cm³/mol. The fraction of sp³-hybridized carbons (Fsp3) is 0.304. The number of hydrogen-bond donors (Lipinski definition) is 2. The molecule has 0 spiro atoms. The summed E-state index contributed by atoms with van der Waals surface area (Å²) in [4.78, 5) is 25.4. The molecule has 154 valence electrons. The standard InChI is InChI=1S/C23H26Cl2N2O2/c1-14(2)16-8-6-15(7-9-16)12-20(27-22(29)23(3,4)5)21(28)26-19-13-17(24)10-11-18(19)25/h6-14H,1-5H3,(H,26,28)(H,27,29)/b20-12+. The van der Waals surface area contributed by atoms with E-state index in [-0.39, 0.29) is 11.6 Å². The zero-order chi connectivity index (χ0) is 21.8. The molecule has 0 heterocycles. The van der Waals surface area contributed by atoms with Crippen LogP contribution in [0.25, 0.3) is 6.08 Å². The number of carbonyl (C=O) groups is 2. The Morgan fingerprint density at radius 1 is 1.00 bits per heavy atom. The number of amides is 2. The van der Waals surface area contributed by atoms with Crippen molar-refractivity contribution in [2.75, 3.05) is 5.32 Å². The molecule has 2 N–H and O–H groups in total. The van der Waals surface area contributed by atoms with Gasteiger partial charge < -0.3 is 10.6 Å². The van der Waals surface area contributed by atoms with Crippen molar-refractivity contribution in [3.63, 3.8) is 0 Å². The number of anilines is 1. The van der Waals surface area contributed by atoms with E-state index in [2.05, 4.69) is 24.5 Å². The van der Waals surface area contributed by atoms with E-state index in [0.29, 0.717) is 21.7 Å². The minimum absolute atomic E-state index is 0.123. The number of carbonyl (C=O) groups excluding carboxylic acids is 2. The Hall–Kier alpha value is -2.30. The summed E-state index contributed by atoms with van der Waals surface area (Å²) in [5, 5.41) is 6.25. The molecule has 0 fully saturated rings. The molecule has 0 aliphatic heterocycles. The molecule has 2 aromatic carbocycles. The van der Waals surface area contributed by atoms with E-state index >= 15 is 0 Å². The third-order valence-corrected chi connectivity index (χ3v) is 4.83. The van der Waals surface area contributed by atoms with Crippen LogP contribution in [0, 0.1) is 5.41 Å².